The number of para-hydroxylation sites is 1. The maximum atomic E-state index is 12.9. The fraction of sp³-hybridized carbons (Fsp3) is 0.238. The molecule has 0 aliphatic heterocycles. The van der Waals surface area contributed by atoms with E-state index in [0.717, 1.165) is 5.56 Å². The molecule has 3 amide bonds. The lowest BCUT2D eigenvalue weighted by Crippen LogP contribution is -2.49. The van der Waals surface area contributed by atoms with Crippen molar-refractivity contribution in [2.45, 2.75) is 26.3 Å². The van der Waals surface area contributed by atoms with E-state index in [-0.39, 0.29) is 11.8 Å². The van der Waals surface area contributed by atoms with Gasteiger partial charge >= 0.3 is 6.03 Å². The highest BCUT2D eigenvalue weighted by molar-refractivity contribution is 7.18. The molecule has 0 saturated heterocycles. The van der Waals surface area contributed by atoms with Gasteiger partial charge in [-0.2, -0.15) is 0 Å². The van der Waals surface area contributed by atoms with Gasteiger partial charge in [0.05, 0.1) is 0 Å². The Morgan fingerprint density at radius 2 is 1.83 bits per heavy atom. The van der Waals surface area contributed by atoms with Gasteiger partial charge in [0.25, 0.3) is 0 Å². The number of halogens is 1. The molecule has 0 aliphatic rings. The maximum absolute atomic E-state index is 12.9. The number of hydrogen-bond donors (Lipinski definition) is 3. The van der Waals surface area contributed by atoms with Crippen LogP contribution in [0.25, 0.3) is 10.6 Å². The number of anilines is 2. The van der Waals surface area contributed by atoms with Crippen LogP contribution in [0, 0.1) is 5.92 Å². The molecule has 2 unspecified atom stereocenters. The molecular weight excluding hydrogens is 422 g/mol. The predicted octanol–water partition coefficient (Wildman–Crippen LogP) is 5.03. The highest BCUT2D eigenvalue weighted by atomic mass is 35.5. The summed E-state index contributed by atoms with van der Waals surface area (Å²) in [6.45, 7) is 3.87. The van der Waals surface area contributed by atoms with Gasteiger partial charge in [-0.1, -0.05) is 73.5 Å². The molecule has 156 valence electrons. The number of rotatable bonds is 7. The van der Waals surface area contributed by atoms with Gasteiger partial charge in [-0.05, 0) is 30.2 Å². The van der Waals surface area contributed by atoms with E-state index in [2.05, 4.69) is 26.1 Å². The van der Waals surface area contributed by atoms with Crippen molar-refractivity contribution < 1.29 is 9.59 Å². The summed E-state index contributed by atoms with van der Waals surface area (Å²) in [4.78, 5) is 25.2. The molecule has 0 bridgehead atoms. The van der Waals surface area contributed by atoms with Gasteiger partial charge in [0, 0.05) is 16.3 Å². The summed E-state index contributed by atoms with van der Waals surface area (Å²) in [5.74, 6) is -0.423. The lowest BCUT2D eigenvalue weighted by molar-refractivity contribution is -0.119. The summed E-state index contributed by atoms with van der Waals surface area (Å²) in [6.07, 6.45) is 0.716. The fourth-order valence-corrected chi connectivity index (χ4v) is 3.66. The Morgan fingerprint density at radius 3 is 2.53 bits per heavy atom. The number of urea groups is 1. The van der Waals surface area contributed by atoms with Crippen LogP contribution in [0.4, 0.5) is 15.6 Å². The first-order valence-electron chi connectivity index (χ1n) is 9.49. The minimum absolute atomic E-state index is 0.0770. The topological polar surface area (TPSA) is 96.0 Å². The van der Waals surface area contributed by atoms with Crippen LogP contribution in [0.3, 0.4) is 0 Å². The third kappa shape index (κ3) is 5.77. The van der Waals surface area contributed by atoms with E-state index in [1.54, 1.807) is 24.3 Å². The van der Waals surface area contributed by atoms with Crippen molar-refractivity contribution in [1.82, 2.24) is 15.5 Å². The minimum atomic E-state index is -0.725. The Bertz CT molecular complexity index is 1010. The maximum Gasteiger partial charge on any atom is 0.319 e. The Hall–Kier alpha value is -2.97. The van der Waals surface area contributed by atoms with Crippen LogP contribution in [0.1, 0.15) is 20.3 Å². The van der Waals surface area contributed by atoms with Crippen LogP contribution >= 0.6 is 22.9 Å². The van der Waals surface area contributed by atoms with Crippen molar-refractivity contribution in [3.8, 4) is 10.6 Å². The molecule has 0 fully saturated rings. The molecule has 3 rings (SSSR count). The average Bonchev–Trinajstić information content (AvgIpc) is 3.20. The first kappa shape index (κ1) is 21.7. The van der Waals surface area contributed by atoms with Gasteiger partial charge in [-0.15, -0.1) is 10.2 Å². The zero-order chi connectivity index (χ0) is 21.5. The van der Waals surface area contributed by atoms with Crippen LogP contribution in [0.15, 0.2) is 54.6 Å². The summed E-state index contributed by atoms with van der Waals surface area (Å²) >= 11 is 7.27. The molecule has 30 heavy (non-hydrogen) atoms. The van der Waals surface area contributed by atoms with Gasteiger partial charge in [-0.3, -0.25) is 10.1 Å². The molecule has 2 aromatic carbocycles. The van der Waals surface area contributed by atoms with Gasteiger partial charge in [0.2, 0.25) is 11.0 Å². The average molecular weight is 444 g/mol. The van der Waals surface area contributed by atoms with Crippen LogP contribution in [-0.4, -0.2) is 28.2 Å². The van der Waals surface area contributed by atoms with Gasteiger partial charge in [0.15, 0.2) is 0 Å². The summed E-state index contributed by atoms with van der Waals surface area (Å²) in [5.41, 5.74) is 1.47. The van der Waals surface area contributed by atoms with Gasteiger partial charge in [0.1, 0.15) is 11.0 Å². The molecule has 0 radical (unpaired) electrons. The van der Waals surface area contributed by atoms with Crippen molar-refractivity contribution in [3.05, 3.63) is 59.6 Å². The molecule has 7 nitrogen and oxygen atoms in total. The number of benzene rings is 2. The first-order valence-corrected chi connectivity index (χ1v) is 10.7. The standard InChI is InChI=1S/C21H22ClN5O2S/c1-3-13(2)17(24-20(29)23-16-10-5-4-6-11-16)18(28)25-21-27-26-19(30-21)14-8-7-9-15(22)12-14/h4-13,17H,3H2,1-2H3,(H2,23,24,29)(H,25,27,28). The molecule has 0 aliphatic carbocycles. The van der Waals surface area contributed by atoms with E-state index in [9.17, 15) is 9.59 Å². The molecule has 9 heteroatoms. The molecule has 3 aromatic rings. The molecule has 1 aromatic heterocycles. The van der Waals surface area contributed by atoms with Crippen LogP contribution < -0.4 is 16.0 Å². The number of nitrogens with zero attached hydrogens (tertiary/aromatic N) is 2. The molecule has 0 saturated carbocycles. The van der Waals surface area contributed by atoms with Crippen molar-refractivity contribution >= 4 is 45.7 Å². The lowest BCUT2D eigenvalue weighted by atomic mass is 9.98. The third-order valence-electron chi connectivity index (χ3n) is 4.54. The van der Waals surface area contributed by atoms with Crippen molar-refractivity contribution in [1.29, 1.82) is 0 Å². The van der Waals surface area contributed by atoms with E-state index >= 15 is 0 Å². The molecular formula is C21H22ClN5O2S. The van der Waals surface area contributed by atoms with Crippen LogP contribution in [0.5, 0.6) is 0 Å². The van der Waals surface area contributed by atoms with Crippen molar-refractivity contribution in [2.75, 3.05) is 10.6 Å². The third-order valence-corrected chi connectivity index (χ3v) is 5.66. The van der Waals surface area contributed by atoms with E-state index in [1.807, 2.05) is 44.2 Å². The summed E-state index contributed by atoms with van der Waals surface area (Å²) in [6, 6.07) is 15.1. The van der Waals surface area contributed by atoms with Crippen molar-refractivity contribution in [2.24, 2.45) is 5.92 Å². The Balaban J connectivity index is 1.67. The second-order valence-corrected chi connectivity index (χ2v) is 8.15. The van der Waals surface area contributed by atoms with Gasteiger partial charge < -0.3 is 10.6 Å². The second-order valence-electron chi connectivity index (χ2n) is 6.74. The molecule has 2 atom stereocenters. The number of carbonyl (C=O) groups excluding carboxylic acids is 2. The second kappa shape index (κ2) is 10.2. The van der Waals surface area contributed by atoms with E-state index in [0.29, 0.717) is 27.3 Å². The molecule has 3 N–H and O–H groups in total. The first-order chi connectivity index (χ1) is 14.5. The van der Waals surface area contributed by atoms with E-state index < -0.39 is 12.1 Å². The number of nitrogens with one attached hydrogen (secondary N) is 3. The number of amides is 3. The van der Waals surface area contributed by atoms with Crippen LogP contribution in [-0.2, 0) is 4.79 Å². The minimum Gasteiger partial charge on any atom is -0.326 e. The number of carbonyl (C=O) groups is 2. The predicted molar refractivity (Wildman–Crippen MR) is 121 cm³/mol. The lowest BCUT2D eigenvalue weighted by Gasteiger charge is -2.23. The summed E-state index contributed by atoms with van der Waals surface area (Å²) < 4.78 is 0. The Morgan fingerprint density at radius 1 is 1.07 bits per heavy atom. The molecule has 1 heterocycles. The van der Waals surface area contributed by atoms with Crippen molar-refractivity contribution in [3.63, 3.8) is 0 Å². The molecule has 0 spiro atoms. The Kier molecular flexibility index (Phi) is 7.37. The smallest absolute Gasteiger partial charge is 0.319 e. The SMILES string of the molecule is CCC(C)C(NC(=O)Nc1ccccc1)C(=O)Nc1nnc(-c2cccc(Cl)c2)s1. The summed E-state index contributed by atoms with van der Waals surface area (Å²) in [5, 5.41) is 18.0. The highest BCUT2D eigenvalue weighted by Crippen LogP contribution is 2.28. The van der Waals surface area contributed by atoms with Gasteiger partial charge in [-0.25, -0.2) is 4.79 Å². The zero-order valence-corrected chi connectivity index (χ0v) is 18.1. The monoisotopic (exact) mass is 443 g/mol. The Labute approximate surface area is 183 Å². The quantitative estimate of drug-likeness (QED) is 0.477. The van der Waals surface area contributed by atoms with E-state index in [4.69, 9.17) is 11.6 Å². The van der Waals surface area contributed by atoms with E-state index in [1.165, 1.54) is 11.3 Å². The largest absolute Gasteiger partial charge is 0.326 e. The number of hydrogen-bond acceptors (Lipinski definition) is 5. The summed E-state index contributed by atoms with van der Waals surface area (Å²) in [7, 11) is 0. The van der Waals surface area contributed by atoms with Crippen LogP contribution in [0.2, 0.25) is 5.02 Å². The zero-order valence-electron chi connectivity index (χ0n) is 16.6. The highest BCUT2D eigenvalue weighted by Gasteiger charge is 2.27. The normalized spacial score (nSPS) is 12.6. The fourth-order valence-electron chi connectivity index (χ4n) is 2.73. The number of aromatic nitrogens is 2.